The van der Waals surface area contributed by atoms with Crippen molar-refractivity contribution in [1.82, 2.24) is 19.6 Å². The van der Waals surface area contributed by atoms with Crippen LogP contribution >= 0.6 is 0 Å². The molecule has 0 spiro atoms. The number of fused-ring (bicyclic) bond motifs is 3. The summed E-state index contributed by atoms with van der Waals surface area (Å²) in [6.07, 6.45) is 3.31. The van der Waals surface area contributed by atoms with Crippen LogP contribution in [0.4, 0.5) is 11.5 Å². The quantitative estimate of drug-likeness (QED) is 0.573. The average Bonchev–Trinajstić information content (AvgIpc) is 3.30. The molecule has 1 aliphatic heterocycles. The number of aromatic nitrogens is 4. The zero-order valence-corrected chi connectivity index (χ0v) is 18.1. The normalized spacial score (nSPS) is 13.5. The lowest BCUT2D eigenvalue weighted by Gasteiger charge is -2.22. The Morgan fingerprint density at radius 1 is 1.14 bits per heavy atom. The Labute approximate surface area is 173 Å². The van der Waals surface area contributed by atoms with E-state index in [2.05, 4.69) is 67.8 Å². The highest BCUT2D eigenvalue weighted by atomic mass is 15.4. The fraction of sp³-hybridized carbons (Fsp3) is 0.522. The Morgan fingerprint density at radius 2 is 1.93 bits per heavy atom. The van der Waals surface area contributed by atoms with Gasteiger partial charge in [-0.3, -0.25) is 0 Å². The van der Waals surface area contributed by atoms with Gasteiger partial charge in [0.05, 0.1) is 6.54 Å². The molecule has 0 saturated heterocycles. The van der Waals surface area contributed by atoms with E-state index in [-0.39, 0.29) is 0 Å². The van der Waals surface area contributed by atoms with Crippen molar-refractivity contribution >= 4 is 17.3 Å². The Hall–Kier alpha value is -2.63. The third kappa shape index (κ3) is 4.07. The molecule has 0 saturated carbocycles. The van der Waals surface area contributed by atoms with Gasteiger partial charge in [0.2, 0.25) is 0 Å². The lowest BCUT2D eigenvalue weighted by atomic mass is 10.1. The molecular weight excluding hydrogens is 360 g/mol. The first-order valence-electron chi connectivity index (χ1n) is 10.9. The second kappa shape index (κ2) is 8.39. The van der Waals surface area contributed by atoms with Crippen LogP contribution < -0.4 is 9.80 Å². The minimum atomic E-state index is 0.692. The zero-order valence-electron chi connectivity index (χ0n) is 18.1. The molecule has 6 nitrogen and oxygen atoms in total. The smallest absolute Gasteiger partial charge is 0.254 e. The molecule has 0 unspecified atom stereocenters. The van der Waals surface area contributed by atoms with Crippen molar-refractivity contribution in [3.8, 4) is 0 Å². The zero-order chi connectivity index (χ0) is 20.4. The molecule has 4 rings (SSSR count). The predicted octanol–water partition coefficient (Wildman–Crippen LogP) is 4.26. The summed E-state index contributed by atoms with van der Waals surface area (Å²) in [4.78, 5) is 14.4. The topological polar surface area (TPSA) is 49.6 Å². The van der Waals surface area contributed by atoms with E-state index in [1.807, 2.05) is 4.52 Å². The minimum absolute atomic E-state index is 0.692. The minimum Gasteiger partial charge on any atom is -0.364 e. The fourth-order valence-corrected chi connectivity index (χ4v) is 4.11. The molecule has 3 heterocycles. The van der Waals surface area contributed by atoms with Gasteiger partial charge in [-0.1, -0.05) is 39.0 Å². The van der Waals surface area contributed by atoms with Crippen molar-refractivity contribution in [2.75, 3.05) is 29.4 Å². The largest absolute Gasteiger partial charge is 0.364 e. The van der Waals surface area contributed by atoms with Crippen LogP contribution in [-0.4, -0.2) is 39.2 Å². The Bertz CT molecular complexity index is 962. The molecule has 0 fully saturated rings. The second-order valence-electron chi connectivity index (χ2n) is 8.42. The first kappa shape index (κ1) is 19.7. The lowest BCUT2D eigenvalue weighted by Crippen LogP contribution is -2.25. The van der Waals surface area contributed by atoms with Gasteiger partial charge >= 0.3 is 0 Å². The van der Waals surface area contributed by atoms with Gasteiger partial charge in [-0.2, -0.15) is 9.50 Å². The first-order valence-corrected chi connectivity index (χ1v) is 10.9. The van der Waals surface area contributed by atoms with Gasteiger partial charge < -0.3 is 9.80 Å². The molecule has 29 heavy (non-hydrogen) atoms. The van der Waals surface area contributed by atoms with E-state index in [4.69, 9.17) is 15.1 Å². The Morgan fingerprint density at radius 3 is 2.66 bits per heavy atom. The van der Waals surface area contributed by atoms with Crippen LogP contribution in [-0.2, 0) is 13.0 Å². The third-order valence-electron chi connectivity index (χ3n) is 5.66. The summed E-state index contributed by atoms with van der Waals surface area (Å²) >= 11 is 0. The van der Waals surface area contributed by atoms with Crippen LogP contribution in [0.5, 0.6) is 0 Å². The molecular formula is C23H32N6. The molecule has 0 N–H and O–H groups in total. The molecule has 0 bridgehead atoms. The number of benzene rings is 1. The number of para-hydroxylation sites is 1. The average molecular weight is 393 g/mol. The molecule has 1 aliphatic rings. The van der Waals surface area contributed by atoms with Crippen molar-refractivity contribution < 1.29 is 0 Å². The number of hydrogen-bond acceptors (Lipinski definition) is 5. The number of nitrogens with zero attached hydrogens (tertiary/aromatic N) is 6. The van der Waals surface area contributed by atoms with Crippen LogP contribution in [0, 0.1) is 12.8 Å². The maximum absolute atomic E-state index is 4.91. The van der Waals surface area contributed by atoms with Crippen molar-refractivity contribution in [2.45, 2.75) is 53.5 Å². The first-order chi connectivity index (χ1) is 14.1. The Kier molecular flexibility index (Phi) is 5.69. The highest BCUT2D eigenvalue weighted by Gasteiger charge is 2.27. The van der Waals surface area contributed by atoms with Crippen molar-refractivity contribution in [3.05, 3.63) is 47.4 Å². The van der Waals surface area contributed by atoms with Gasteiger partial charge in [-0.25, -0.2) is 4.98 Å². The van der Waals surface area contributed by atoms with Crippen molar-refractivity contribution in [3.63, 3.8) is 0 Å². The van der Waals surface area contributed by atoms with Gasteiger partial charge in [-0.15, -0.1) is 5.10 Å². The molecule has 3 aromatic rings. The van der Waals surface area contributed by atoms with Crippen LogP contribution in [0.3, 0.4) is 0 Å². The number of aryl methyl sites for hydroxylation is 1. The summed E-state index contributed by atoms with van der Waals surface area (Å²) in [5.74, 6) is 3.45. The number of anilines is 2. The van der Waals surface area contributed by atoms with Crippen LogP contribution in [0.1, 0.15) is 50.7 Å². The maximum Gasteiger partial charge on any atom is 0.254 e. The van der Waals surface area contributed by atoms with Crippen molar-refractivity contribution in [1.29, 1.82) is 0 Å². The molecule has 0 atom stereocenters. The van der Waals surface area contributed by atoms with Gasteiger partial charge in [-0.05, 0) is 44.2 Å². The second-order valence-corrected chi connectivity index (χ2v) is 8.42. The molecule has 2 aromatic heterocycles. The SMILES string of the molecule is CCCN(Cc1nc2nc(C)c3c(n2n1)N(CCC(C)C)CC3)c1ccccc1. The molecule has 0 amide bonds. The number of hydrogen-bond donors (Lipinski definition) is 0. The predicted molar refractivity (Wildman–Crippen MR) is 119 cm³/mol. The van der Waals surface area contributed by atoms with E-state index in [1.54, 1.807) is 0 Å². The van der Waals surface area contributed by atoms with E-state index in [0.29, 0.717) is 12.5 Å². The summed E-state index contributed by atoms with van der Waals surface area (Å²) in [6.45, 7) is 12.7. The van der Waals surface area contributed by atoms with Gasteiger partial charge in [0, 0.05) is 36.6 Å². The van der Waals surface area contributed by atoms with Crippen molar-refractivity contribution in [2.24, 2.45) is 5.92 Å². The summed E-state index contributed by atoms with van der Waals surface area (Å²) in [5.41, 5.74) is 3.62. The van der Waals surface area contributed by atoms with E-state index >= 15 is 0 Å². The number of rotatable bonds is 8. The van der Waals surface area contributed by atoms with E-state index in [9.17, 15) is 0 Å². The van der Waals surface area contributed by atoms with Crippen LogP contribution in [0.15, 0.2) is 30.3 Å². The summed E-state index contributed by atoms with van der Waals surface area (Å²) in [6, 6.07) is 10.5. The molecule has 6 heteroatoms. The third-order valence-corrected chi connectivity index (χ3v) is 5.66. The summed E-state index contributed by atoms with van der Waals surface area (Å²) in [7, 11) is 0. The van der Waals surface area contributed by atoms with Gasteiger partial charge in [0.1, 0.15) is 5.82 Å². The van der Waals surface area contributed by atoms with E-state index in [1.165, 1.54) is 23.5 Å². The summed E-state index contributed by atoms with van der Waals surface area (Å²) in [5, 5.41) is 4.91. The van der Waals surface area contributed by atoms with Gasteiger partial charge in [0.15, 0.2) is 5.82 Å². The molecule has 0 radical (unpaired) electrons. The standard InChI is InChI=1S/C23H32N6/c1-5-13-28(19-9-7-6-8-10-19)16-21-25-23-24-18(4)20-12-15-27(14-11-17(2)3)22(20)29(23)26-21/h6-10,17H,5,11-16H2,1-4H3. The molecule has 154 valence electrons. The maximum atomic E-state index is 4.91. The Balaban J connectivity index is 1.66. The lowest BCUT2D eigenvalue weighted by molar-refractivity contribution is 0.574. The molecule has 0 aliphatic carbocycles. The highest BCUT2D eigenvalue weighted by Crippen LogP contribution is 2.30. The van der Waals surface area contributed by atoms with Crippen LogP contribution in [0.25, 0.3) is 5.78 Å². The van der Waals surface area contributed by atoms with Gasteiger partial charge in [0.25, 0.3) is 5.78 Å². The highest BCUT2D eigenvalue weighted by molar-refractivity contribution is 5.58. The monoisotopic (exact) mass is 392 g/mol. The van der Waals surface area contributed by atoms with E-state index in [0.717, 1.165) is 49.8 Å². The molecule has 1 aromatic carbocycles. The van der Waals surface area contributed by atoms with Crippen LogP contribution in [0.2, 0.25) is 0 Å². The summed E-state index contributed by atoms with van der Waals surface area (Å²) < 4.78 is 1.99. The van der Waals surface area contributed by atoms with E-state index < -0.39 is 0 Å². The fourth-order valence-electron chi connectivity index (χ4n) is 4.11.